The zero-order valence-corrected chi connectivity index (χ0v) is 20.0. The summed E-state index contributed by atoms with van der Waals surface area (Å²) in [5.41, 5.74) is 0.717. The van der Waals surface area contributed by atoms with Gasteiger partial charge in [-0.05, 0) is 44.3 Å². The number of aromatic amines is 1. The van der Waals surface area contributed by atoms with E-state index < -0.39 is 10.0 Å². The summed E-state index contributed by atoms with van der Waals surface area (Å²) >= 11 is 7.48. The molecule has 2 aliphatic heterocycles. The third-order valence-electron chi connectivity index (χ3n) is 6.20. The number of halogens is 1. The molecule has 8 nitrogen and oxygen atoms in total. The highest BCUT2D eigenvalue weighted by molar-refractivity contribution is 7.89. The molecule has 4 heterocycles. The number of carbonyl (C=O) groups excluding carboxylic acids is 1. The number of hydrogen-bond donors (Lipinski definition) is 1. The van der Waals surface area contributed by atoms with Crippen molar-refractivity contribution in [1.29, 1.82) is 0 Å². The molecule has 1 N–H and O–H groups in total. The Morgan fingerprint density at radius 1 is 1.19 bits per heavy atom. The molecule has 2 saturated heterocycles. The molecule has 170 valence electrons. The Labute approximate surface area is 195 Å². The molecular formula is C21H24ClN5O3S2. The lowest BCUT2D eigenvalue weighted by Crippen LogP contribution is -2.50. The van der Waals surface area contributed by atoms with Gasteiger partial charge in [-0.1, -0.05) is 11.6 Å². The Hall–Kier alpha value is -1.98. The summed E-state index contributed by atoms with van der Waals surface area (Å²) in [4.78, 5) is 25.4. The summed E-state index contributed by atoms with van der Waals surface area (Å²) in [6.07, 6.45) is 2.91. The average Bonchev–Trinajstić information content (AvgIpc) is 3.52. The number of piperazine rings is 1. The van der Waals surface area contributed by atoms with Crippen LogP contribution in [0.2, 0.25) is 5.02 Å². The molecule has 0 aliphatic carbocycles. The highest BCUT2D eigenvalue weighted by Gasteiger charge is 2.33. The normalized spacial score (nSPS) is 20.9. The maximum Gasteiger partial charge on any atom is 0.282 e. The number of nitrogens with zero attached hydrogens (tertiary/aromatic N) is 4. The van der Waals surface area contributed by atoms with Crippen molar-refractivity contribution in [3.05, 3.63) is 45.4 Å². The van der Waals surface area contributed by atoms with Crippen LogP contribution in [0.25, 0.3) is 10.9 Å². The van der Waals surface area contributed by atoms with Crippen molar-refractivity contribution in [3.8, 4) is 0 Å². The monoisotopic (exact) mass is 493 g/mol. The van der Waals surface area contributed by atoms with Crippen molar-refractivity contribution < 1.29 is 13.2 Å². The van der Waals surface area contributed by atoms with Crippen molar-refractivity contribution in [2.24, 2.45) is 0 Å². The first kappa shape index (κ1) is 21.8. The zero-order chi connectivity index (χ0) is 22.5. The minimum atomic E-state index is -3.68. The third kappa shape index (κ3) is 4.06. The van der Waals surface area contributed by atoms with Crippen LogP contribution in [0.3, 0.4) is 0 Å². The molecule has 0 bridgehead atoms. The van der Waals surface area contributed by atoms with Crippen molar-refractivity contribution in [2.75, 3.05) is 46.3 Å². The summed E-state index contributed by atoms with van der Waals surface area (Å²) < 4.78 is 27.6. The Morgan fingerprint density at radius 2 is 1.97 bits per heavy atom. The van der Waals surface area contributed by atoms with Gasteiger partial charge in [0.25, 0.3) is 15.9 Å². The standard InChI is InChI=1S/C21H24ClN5O3S2/c1-25-5-4-14(13-25)18-12-23-20(31-18)21(28)26-6-8-27(9-7-26)32(29,30)19-11-15-10-16(22)2-3-17(15)24-19/h2-3,10-12,14,24H,4-9,13H2,1H3. The molecule has 3 aromatic rings. The van der Waals surface area contributed by atoms with Gasteiger partial charge in [0.15, 0.2) is 5.01 Å². The lowest BCUT2D eigenvalue weighted by atomic mass is 10.1. The minimum absolute atomic E-state index is 0.120. The molecule has 0 radical (unpaired) electrons. The first-order chi connectivity index (χ1) is 15.3. The number of nitrogens with one attached hydrogen (secondary N) is 1. The van der Waals surface area contributed by atoms with Gasteiger partial charge in [0.2, 0.25) is 0 Å². The van der Waals surface area contributed by atoms with E-state index in [4.69, 9.17) is 11.6 Å². The molecule has 1 atom stereocenters. The van der Waals surface area contributed by atoms with Crippen LogP contribution in [0.4, 0.5) is 0 Å². The quantitative estimate of drug-likeness (QED) is 0.603. The maximum absolute atomic E-state index is 13.1. The number of amides is 1. The van der Waals surface area contributed by atoms with E-state index in [1.165, 1.54) is 15.6 Å². The Kier molecular flexibility index (Phi) is 5.75. The zero-order valence-electron chi connectivity index (χ0n) is 17.6. The molecule has 0 saturated carbocycles. The summed E-state index contributed by atoms with van der Waals surface area (Å²) in [7, 11) is -1.58. The molecule has 0 spiro atoms. The average molecular weight is 494 g/mol. The van der Waals surface area contributed by atoms with Gasteiger partial charge in [-0.15, -0.1) is 11.3 Å². The van der Waals surface area contributed by atoms with Crippen LogP contribution in [-0.4, -0.2) is 84.7 Å². The van der Waals surface area contributed by atoms with Gasteiger partial charge in [0.1, 0.15) is 5.03 Å². The Bertz CT molecular complexity index is 1260. The first-order valence-electron chi connectivity index (χ1n) is 10.5. The second-order valence-corrected chi connectivity index (χ2v) is 11.8. The van der Waals surface area contributed by atoms with Crippen LogP contribution in [-0.2, 0) is 10.0 Å². The largest absolute Gasteiger partial charge is 0.345 e. The number of fused-ring (bicyclic) bond motifs is 1. The van der Waals surface area contributed by atoms with Crippen LogP contribution in [0, 0.1) is 0 Å². The molecule has 2 fully saturated rings. The molecule has 1 aromatic carbocycles. The van der Waals surface area contributed by atoms with Gasteiger partial charge in [-0.25, -0.2) is 13.4 Å². The molecule has 11 heteroatoms. The minimum Gasteiger partial charge on any atom is -0.345 e. The molecule has 1 unspecified atom stereocenters. The number of rotatable bonds is 4. The highest BCUT2D eigenvalue weighted by Crippen LogP contribution is 2.31. The van der Waals surface area contributed by atoms with Gasteiger partial charge in [0.05, 0.1) is 0 Å². The molecule has 2 aromatic heterocycles. The van der Waals surface area contributed by atoms with Crippen molar-refractivity contribution in [3.63, 3.8) is 0 Å². The van der Waals surface area contributed by atoms with Crippen molar-refractivity contribution in [1.82, 2.24) is 24.1 Å². The van der Waals surface area contributed by atoms with Crippen LogP contribution >= 0.6 is 22.9 Å². The molecular weight excluding hydrogens is 470 g/mol. The van der Waals surface area contributed by atoms with E-state index in [9.17, 15) is 13.2 Å². The number of aromatic nitrogens is 2. The van der Waals surface area contributed by atoms with Crippen LogP contribution in [0.5, 0.6) is 0 Å². The summed E-state index contributed by atoms with van der Waals surface area (Å²) in [6, 6.07) is 6.82. The topological polar surface area (TPSA) is 89.6 Å². The molecule has 1 amide bonds. The van der Waals surface area contributed by atoms with E-state index in [2.05, 4.69) is 21.9 Å². The van der Waals surface area contributed by atoms with Gasteiger partial charge >= 0.3 is 0 Å². The fraction of sp³-hybridized carbons (Fsp3) is 0.429. The predicted octanol–water partition coefficient (Wildman–Crippen LogP) is 2.84. The molecule has 2 aliphatic rings. The van der Waals surface area contributed by atoms with Crippen LogP contribution in [0.15, 0.2) is 35.5 Å². The van der Waals surface area contributed by atoms with E-state index in [-0.39, 0.29) is 24.0 Å². The van der Waals surface area contributed by atoms with Gasteiger partial charge in [-0.2, -0.15) is 4.31 Å². The Morgan fingerprint density at radius 3 is 2.69 bits per heavy atom. The number of hydrogen-bond acceptors (Lipinski definition) is 6. The number of thiazole rings is 1. The lowest BCUT2D eigenvalue weighted by Gasteiger charge is -2.33. The number of likely N-dealkylation sites (N-methyl/N-ethyl adjacent to an activating group) is 1. The van der Waals surface area contributed by atoms with Crippen LogP contribution in [0.1, 0.15) is 27.0 Å². The number of likely N-dealkylation sites (tertiary alicyclic amines) is 1. The third-order valence-corrected chi connectivity index (χ3v) is 9.41. The summed E-state index contributed by atoms with van der Waals surface area (Å²) in [6.45, 7) is 3.22. The van der Waals surface area contributed by atoms with Crippen molar-refractivity contribution >= 4 is 49.8 Å². The Balaban J connectivity index is 1.25. The second kappa shape index (κ2) is 8.42. The van der Waals surface area contributed by atoms with Gasteiger partial charge < -0.3 is 14.8 Å². The smallest absolute Gasteiger partial charge is 0.282 e. The van der Waals surface area contributed by atoms with Gasteiger partial charge in [0, 0.05) is 65.6 Å². The predicted molar refractivity (Wildman–Crippen MR) is 125 cm³/mol. The van der Waals surface area contributed by atoms with E-state index in [0.29, 0.717) is 29.0 Å². The first-order valence-corrected chi connectivity index (χ1v) is 13.2. The summed E-state index contributed by atoms with van der Waals surface area (Å²) in [5, 5.41) is 1.93. The van der Waals surface area contributed by atoms with E-state index >= 15 is 0 Å². The number of sulfonamides is 1. The van der Waals surface area contributed by atoms with E-state index in [0.717, 1.165) is 35.3 Å². The van der Waals surface area contributed by atoms with Gasteiger partial charge in [-0.3, -0.25) is 4.79 Å². The highest BCUT2D eigenvalue weighted by atomic mass is 35.5. The summed E-state index contributed by atoms with van der Waals surface area (Å²) in [5.74, 6) is 0.317. The fourth-order valence-corrected chi connectivity index (χ4v) is 6.99. The SMILES string of the molecule is CN1CCC(c2cnc(C(=O)N3CCN(S(=O)(=O)c4cc5cc(Cl)ccc5[nH]4)CC3)s2)C1. The molecule has 32 heavy (non-hydrogen) atoms. The van der Waals surface area contributed by atoms with E-state index in [1.54, 1.807) is 29.2 Å². The number of H-pyrrole nitrogens is 1. The van der Waals surface area contributed by atoms with E-state index in [1.807, 2.05) is 6.20 Å². The number of benzene rings is 1. The number of carbonyl (C=O) groups is 1. The van der Waals surface area contributed by atoms with Crippen LogP contribution < -0.4 is 0 Å². The lowest BCUT2D eigenvalue weighted by molar-refractivity contribution is 0.0697. The second-order valence-electron chi connectivity index (χ2n) is 8.38. The fourth-order valence-electron chi connectivity index (χ4n) is 4.36. The van der Waals surface area contributed by atoms with Crippen molar-refractivity contribution in [2.45, 2.75) is 17.4 Å². The molecule has 5 rings (SSSR count). The maximum atomic E-state index is 13.1.